The van der Waals surface area contributed by atoms with Crippen LogP contribution < -0.4 is 9.47 Å². The summed E-state index contributed by atoms with van der Waals surface area (Å²) in [6.45, 7) is 1.50. The number of hydrogen-bond acceptors (Lipinski definition) is 5. The van der Waals surface area contributed by atoms with Crippen LogP contribution in [0, 0.1) is 0 Å². The molecule has 0 fully saturated rings. The fourth-order valence-electron chi connectivity index (χ4n) is 3.16. The quantitative estimate of drug-likeness (QED) is 0.536. The molecule has 30 heavy (non-hydrogen) atoms. The molecule has 3 aromatic carbocycles. The molecule has 0 aliphatic rings. The molecule has 0 unspecified atom stereocenters. The number of rotatable bonds is 8. The number of carbonyl (C=O) groups is 2. The minimum Gasteiger partial charge on any atom is -0.507 e. The number of carboxylic acids is 1. The van der Waals surface area contributed by atoms with Crippen molar-refractivity contribution >= 4 is 11.8 Å². The maximum atomic E-state index is 11.9. The predicted octanol–water partition coefficient (Wildman–Crippen LogP) is 4.47. The molecule has 0 bridgehead atoms. The number of ether oxygens (including phenoxy) is 2. The number of aromatic hydroxyl groups is 1. The van der Waals surface area contributed by atoms with Gasteiger partial charge in [-0.25, -0.2) is 4.79 Å². The second-order valence-corrected chi connectivity index (χ2v) is 6.78. The molecule has 6 nitrogen and oxygen atoms in total. The molecule has 6 heteroatoms. The van der Waals surface area contributed by atoms with E-state index >= 15 is 0 Å². The predicted molar refractivity (Wildman–Crippen MR) is 112 cm³/mol. The maximum absolute atomic E-state index is 11.9. The molecule has 0 heterocycles. The highest BCUT2D eigenvalue weighted by Gasteiger charge is 2.18. The van der Waals surface area contributed by atoms with Crippen LogP contribution in [-0.4, -0.2) is 29.1 Å². The summed E-state index contributed by atoms with van der Waals surface area (Å²) in [5, 5.41) is 19.8. The van der Waals surface area contributed by atoms with Crippen molar-refractivity contribution in [1.29, 1.82) is 0 Å². The van der Waals surface area contributed by atoms with Gasteiger partial charge in [-0.05, 0) is 36.8 Å². The lowest BCUT2D eigenvalue weighted by molar-refractivity contribution is 0.0696. The van der Waals surface area contributed by atoms with E-state index in [9.17, 15) is 14.7 Å². The lowest BCUT2D eigenvalue weighted by Crippen LogP contribution is -2.05. The fraction of sp³-hybridized carbons (Fsp3) is 0.167. The van der Waals surface area contributed by atoms with Crippen LogP contribution in [0.2, 0.25) is 0 Å². The first-order chi connectivity index (χ1) is 14.4. The molecular weight excluding hydrogens is 384 g/mol. The van der Waals surface area contributed by atoms with Gasteiger partial charge in [0.25, 0.3) is 0 Å². The van der Waals surface area contributed by atoms with Crippen LogP contribution in [0.15, 0.2) is 60.7 Å². The molecule has 2 N–H and O–H groups in total. The number of methoxy groups -OCH3 is 1. The van der Waals surface area contributed by atoms with E-state index in [1.807, 2.05) is 30.3 Å². The van der Waals surface area contributed by atoms with Crippen LogP contribution in [0.25, 0.3) is 0 Å². The highest BCUT2D eigenvalue weighted by atomic mass is 16.5. The summed E-state index contributed by atoms with van der Waals surface area (Å²) in [5.41, 5.74) is 2.47. The van der Waals surface area contributed by atoms with Crippen LogP contribution in [0.3, 0.4) is 0 Å². The Kier molecular flexibility index (Phi) is 6.37. The third-order valence-electron chi connectivity index (χ3n) is 4.76. The molecule has 0 aliphatic heterocycles. The first-order valence-electron chi connectivity index (χ1n) is 9.33. The average molecular weight is 406 g/mol. The molecule has 0 radical (unpaired) electrons. The smallest absolute Gasteiger partial charge is 0.335 e. The third-order valence-corrected chi connectivity index (χ3v) is 4.76. The summed E-state index contributed by atoms with van der Waals surface area (Å²) in [6.07, 6.45) is 0.387. The van der Waals surface area contributed by atoms with Gasteiger partial charge >= 0.3 is 5.97 Å². The number of carbonyl (C=O) groups excluding carboxylic acids is 1. The number of benzene rings is 3. The van der Waals surface area contributed by atoms with Gasteiger partial charge < -0.3 is 19.7 Å². The monoisotopic (exact) mass is 406 g/mol. The van der Waals surface area contributed by atoms with E-state index in [1.54, 1.807) is 12.1 Å². The van der Waals surface area contributed by atoms with Gasteiger partial charge in [-0.1, -0.05) is 36.4 Å². The molecule has 0 amide bonds. The van der Waals surface area contributed by atoms with Gasteiger partial charge in [-0.3, -0.25) is 4.79 Å². The standard InChI is InChI=1S/C24H22O6/c1-15(25)19-10-11-21(20(23(19)26)12-16-6-4-3-5-7-16)30-14-18-9-8-17(24(27)28)13-22(18)29-2/h3-11,13,26H,12,14H2,1-2H3,(H,27,28). The molecule has 0 saturated carbocycles. The number of hydrogen-bond donors (Lipinski definition) is 2. The fourth-order valence-corrected chi connectivity index (χ4v) is 3.16. The molecule has 3 aromatic rings. The second-order valence-electron chi connectivity index (χ2n) is 6.78. The number of phenolic OH excluding ortho intramolecular Hbond substituents is 1. The van der Waals surface area contributed by atoms with Crippen molar-refractivity contribution in [3.63, 3.8) is 0 Å². The van der Waals surface area contributed by atoms with E-state index in [-0.39, 0.29) is 29.3 Å². The summed E-state index contributed by atoms with van der Waals surface area (Å²) in [7, 11) is 1.46. The summed E-state index contributed by atoms with van der Waals surface area (Å²) in [6, 6.07) is 17.3. The van der Waals surface area contributed by atoms with Crippen LogP contribution in [-0.2, 0) is 13.0 Å². The lowest BCUT2D eigenvalue weighted by Gasteiger charge is -2.16. The zero-order valence-corrected chi connectivity index (χ0v) is 16.7. The van der Waals surface area contributed by atoms with Crippen molar-refractivity contribution in [2.75, 3.05) is 7.11 Å². The van der Waals surface area contributed by atoms with Gasteiger partial charge in [-0.2, -0.15) is 0 Å². The van der Waals surface area contributed by atoms with Crippen molar-refractivity contribution in [2.45, 2.75) is 20.0 Å². The van der Waals surface area contributed by atoms with Gasteiger partial charge in [0.05, 0.1) is 18.2 Å². The topological polar surface area (TPSA) is 93.1 Å². The van der Waals surface area contributed by atoms with Gasteiger partial charge in [0.15, 0.2) is 5.78 Å². The summed E-state index contributed by atoms with van der Waals surface area (Å²) in [5.74, 6) is -0.554. The summed E-state index contributed by atoms with van der Waals surface area (Å²) >= 11 is 0. The minimum atomic E-state index is -1.05. The van der Waals surface area contributed by atoms with Crippen LogP contribution in [0.4, 0.5) is 0 Å². The third kappa shape index (κ3) is 4.60. The highest BCUT2D eigenvalue weighted by Crippen LogP contribution is 2.35. The molecule has 0 atom stereocenters. The zero-order valence-electron chi connectivity index (χ0n) is 16.7. The van der Waals surface area contributed by atoms with E-state index in [2.05, 4.69) is 0 Å². The molecule has 0 aromatic heterocycles. The molecule has 0 saturated heterocycles. The highest BCUT2D eigenvalue weighted by molar-refractivity contribution is 5.97. The average Bonchev–Trinajstić information content (AvgIpc) is 2.74. The van der Waals surface area contributed by atoms with Gasteiger partial charge in [0, 0.05) is 17.5 Å². The Labute approximate surface area is 174 Å². The van der Waals surface area contributed by atoms with E-state index in [4.69, 9.17) is 14.6 Å². The van der Waals surface area contributed by atoms with Gasteiger partial charge in [-0.15, -0.1) is 0 Å². The van der Waals surface area contributed by atoms with Crippen molar-refractivity contribution in [3.05, 3.63) is 88.5 Å². The Hall–Kier alpha value is -3.80. The molecule has 154 valence electrons. The van der Waals surface area contributed by atoms with E-state index < -0.39 is 5.97 Å². The second kappa shape index (κ2) is 9.13. The SMILES string of the molecule is COc1cc(C(=O)O)ccc1COc1ccc(C(C)=O)c(O)c1Cc1ccccc1. The van der Waals surface area contributed by atoms with Crippen molar-refractivity contribution in [2.24, 2.45) is 0 Å². The minimum absolute atomic E-state index is 0.1000. The lowest BCUT2D eigenvalue weighted by atomic mass is 9.98. The first kappa shape index (κ1) is 20.9. The number of Topliss-reactive ketones (excluding diaryl/α,β-unsaturated/α-hetero) is 1. The van der Waals surface area contributed by atoms with Crippen molar-refractivity contribution < 1.29 is 29.3 Å². The largest absolute Gasteiger partial charge is 0.507 e. The summed E-state index contributed by atoms with van der Waals surface area (Å²) in [4.78, 5) is 23.0. The normalized spacial score (nSPS) is 10.5. The number of carboxylic acid groups (broad SMARTS) is 1. The first-order valence-corrected chi connectivity index (χ1v) is 9.33. The van der Waals surface area contributed by atoms with E-state index in [0.717, 1.165) is 5.56 Å². The van der Waals surface area contributed by atoms with Crippen LogP contribution >= 0.6 is 0 Å². The molecule has 0 spiro atoms. The molecular formula is C24H22O6. The maximum Gasteiger partial charge on any atom is 0.335 e. The van der Waals surface area contributed by atoms with Crippen LogP contribution in [0.1, 0.15) is 44.3 Å². The Morgan fingerprint density at radius 2 is 1.70 bits per heavy atom. The van der Waals surface area contributed by atoms with E-state index in [1.165, 1.54) is 32.2 Å². The number of aromatic carboxylic acids is 1. The Morgan fingerprint density at radius 3 is 2.33 bits per heavy atom. The molecule has 0 aliphatic carbocycles. The van der Waals surface area contributed by atoms with Crippen molar-refractivity contribution in [3.8, 4) is 17.2 Å². The van der Waals surface area contributed by atoms with Crippen LogP contribution in [0.5, 0.6) is 17.2 Å². The Morgan fingerprint density at radius 1 is 0.967 bits per heavy atom. The number of phenols is 1. The zero-order chi connectivity index (χ0) is 21.7. The molecule has 3 rings (SSSR count). The summed E-state index contributed by atoms with van der Waals surface area (Å²) < 4.78 is 11.2. The Balaban J connectivity index is 1.93. The van der Waals surface area contributed by atoms with Gasteiger partial charge in [0.1, 0.15) is 23.9 Å². The van der Waals surface area contributed by atoms with Crippen molar-refractivity contribution in [1.82, 2.24) is 0 Å². The number of ketones is 1. The Bertz CT molecular complexity index is 1070. The van der Waals surface area contributed by atoms with E-state index in [0.29, 0.717) is 29.0 Å². The van der Waals surface area contributed by atoms with Gasteiger partial charge in [0.2, 0.25) is 0 Å².